The van der Waals surface area contributed by atoms with Gasteiger partial charge in [-0.1, -0.05) is 18.2 Å². The zero-order valence-electron chi connectivity index (χ0n) is 8.16. The molecule has 0 saturated carbocycles. The summed E-state index contributed by atoms with van der Waals surface area (Å²) in [7, 11) is 0. The highest BCUT2D eigenvalue weighted by Gasteiger charge is 2.05. The van der Waals surface area contributed by atoms with Gasteiger partial charge < -0.3 is 4.57 Å². The molecule has 0 unspecified atom stereocenters. The number of para-hydroxylation sites is 1. The van der Waals surface area contributed by atoms with Gasteiger partial charge in [-0.25, -0.2) is 0 Å². The summed E-state index contributed by atoms with van der Waals surface area (Å²) in [6, 6.07) is 7.98. The van der Waals surface area contributed by atoms with Crippen molar-refractivity contribution in [2.45, 2.75) is 13.5 Å². The molecule has 0 bridgehead atoms. The third kappa shape index (κ3) is 1.43. The number of hydrogen-bond donors (Lipinski definition) is 0. The average Bonchev–Trinajstić information content (AvgIpc) is 2.44. The summed E-state index contributed by atoms with van der Waals surface area (Å²) in [5, 5.41) is 1.12. The standard InChI is InChI=1S/C12H12NO/c1-9-7-13(8-10(2)14)12-6-4-3-5-11(9)12/h3-7H,1,8H2,2H3. The van der Waals surface area contributed by atoms with Crippen LogP contribution < -0.4 is 0 Å². The van der Waals surface area contributed by atoms with E-state index in [1.807, 2.05) is 35.0 Å². The quantitative estimate of drug-likeness (QED) is 0.706. The first kappa shape index (κ1) is 9.00. The summed E-state index contributed by atoms with van der Waals surface area (Å²) in [6.07, 6.45) is 1.92. The van der Waals surface area contributed by atoms with E-state index in [0.29, 0.717) is 6.54 Å². The van der Waals surface area contributed by atoms with Gasteiger partial charge in [-0.3, -0.25) is 4.79 Å². The Kier molecular flexibility index (Phi) is 2.12. The number of ketones is 1. The molecule has 0 aliphatic heterocycles. The Bertz CT molecular complexity index is 482. The van der Waals surface area contributed by atoms with Gasteiger partial charge in [-0.2, -0.15) is 0 Å². The summed E-state index contributed by atoms with van der Waals surface area (Å²) in [5.41, 5.74) is 2.05. The zero-order chi connectivity index (χ0) is 10.1. The minimum atomic E-state index is 0.158. The van der Waals surface area contributed by atoms with E-state index in [2.05, 4.69) is 6.92 Å². The topological polar surface area (TPSA) is 22.0 Å². The van der Waals surface area contributed by atoms with Crippen LogP contribution in [-0.4, -0.2) is 10.4 Å². The number of carbonyl (C=O) groups excluding carboxylic acids is 1. The van der Waals surface area contributed by atoms with E-state index < -0.39 is 0 Å². The second kappa shape index (κ2) is 3.29. The molecule has 2 heteroatoms. The molecular formula is C12H12NO. The Morgan fingerprint density at radius 3 is 2.86 bits per heavy atom. The van der Waals surface area contributed by atoms with Crippen molar-refractivity contribution >= 4 is 16.7 Å². The number of hydrogen-bond acceptors (Lipinski definition) is 1. The number of rotatable bonds is 2. The van der Waals surface area contributed by atoms with Crippen molar-refractivity contribution in [2.75, 3.05) is 0 Å². The van der Waals surface area contributed by atoms with Gasteiger partial charge in [0.2, 0.25) is 0 Å². The van der Waals surface area contributed by atoms with Crippen LogP contribution in [0, 0.1) is 6.92 Å². The predicted molar refractivity (Wildman–Crippen MR) is 57.1 cm³/mol. The van der Waals surface area contributed by atoms with Crippen LogP contribution >= 0.6 is 0 Å². The summed E-state index contributed by atoms with van der Waals surface area (Å²) < 4.78 is 1.94. The predicted octanol–water partition coefficient (Wildman–Crippen LogP) is 2.41. The van der Waals surface area contributed by atoms with Gasteiger partial charge in [0.05, 0.1) is 6.54 Å². The maximum Gasteiger partial charge on any atom is 0.149 e. The number of carbonyl (C=O) groups is 1. The molecule has 14 heavy (non-hydrogen) atoms. The van der Waals surface area contributed by atoms with Crippen LogP contribution in [0.25, 0.3) is 10.9 Å². The normalized spacial score (nSPS) is 10.7. The van der Waals surface area contributed by atoms with Crippen LogP contribution in [0.2, 0.25) is 0 Å². The van der Waals surface area contributed by atoms with Crippen LogP contribution in [-0.2, 0) is 11.3 Å². The fourth-order valence-corrected chi connectivity index (χ4v) is 1.69. The summed E-state index contributed by atoms with van der Waals surface area (Å²) in [4.78, 5) is 11.0. The van der Waals surface area contributed by atoms with Crippen LogP contribution in [0.15, 0.2) is 30.5 Å². The maximum absolute atomic E-state index is 11.0. The van der Waals surface area contributed by atoms with Crippen molar-refractivity contribution in [3.63, 3.8) is 0 Å². The minimum absolute atomic E-state index is 0.158. The Balaban J connectivity index is 2.60. The second-order valence-corrected chi connectivity index (χ2v) is 3.50. The Morgan fingerprint density at radius 2 is 2.14 bits per heavy atom. The molecule has 71 valence electrons. The third-order valence-electron chi connectivity index (χ3n) is 2.26. The highest BCUT2D eigenvalue weighted by atomic mass is 16.1. The maximum atomic E-state index is 11.0. The van der Waals surface area contributed by atoms with Crippen molar-refractivity contribution in [3.8, 4) is 0 Å². The fourth-order valence-electron chi connectivity index (χ4n) is 1.69. The molecule has 0 aliphatic carbocycles. The summed E-state index contributed by atoms with van der Waals surface area (Å²) in [6.45, 7) is 5.97. The lowest BCUT2D eigenvalue weighted by Gasteiger charge is -2.00. The van der Waals surface area contributed by atoms with Crippen LogP contribution in [0.4, 0.5) is 0 Å². The van der Waals surface area contributed by atoms with E-state index >= 15 is 0 Å². The summed E-state index contributed by atoms with van der Waals surface area (Å²) >= 11 is 0. The molecule has 2 aromatic rings. The van der Waals surface area contributed by atoms with Gasteiger partial charge in [-0.15, -0.1) is 0 Å². The van der Waals surface area contributed by atoms with Crippen molar-refractivity contribution in [1.29, 1.82) is 0 Å². The molecule has 0 amide bonds. The summed E-state index contributed by atoms with van der Waals surface area (Å²) in [5.74, 6) is 0.158. The first-order valence-electron chi connectivity index (χ1n) is 4.58. The average molecular weight is 186 g/mol. The van der Waals surface area contributed by atoms with Crippen molar-refractivity contribution < 1.29 is 4.79 Å². The second-order valence-electron chi connectivity index (χ2n) is 3.50. The first-order valence-corrected chi connectivity index (χ1v) is 4.58. The molecule has 1 aromatic carbocycles. The van der Waals surface area contributed by atoms with E-state index in [9.17, 15) is 4.79 Å². The largest absolute Gasteiger partial charge is 0.340 e. The highest BCUT2D eigenvalue weighted by Crippen LogP contribution is 2.19. The van der Waals surface area contributed by atoms with Gasteiger partial charge in [0.15, 0.2) is 0 Å². The van der Waals surface area contributed by atoms with Gasteiger partial charge in [0.25, 0.3) is 0 Å². The molecular weight excluding hydrogens is 174 g/mol. The van der Waals surface area contributed by atoms with Crippen LogP contribution in [0.5, 0.6) is 0 Å². The lowest BCUT2D eigenvalue weighted by molar-refractivity contribution is -0.117. The van der Waals surface area contributed by atoms with Crippen molar-refractivity contribution in [2.24, 2.45) is 0 Å². The molecule has 0 saturated heterocycles. The molecule has 1 aromatic heterocycles. The van der Waals surface area contributed by atoms with Gasteiger partial charge >= 0.3 is 0 Å². The third-order valence-corrected chi connectivity index (χ3v) is 2.26. The van der Waals surface area contributed by atoms with Crippen LogP contribution in [0.3, 0.4) is 0 Å². The number of fused-ring (bicyclic) bond motifs is 1. The van der Waals surface area contributed by atoms with E-state index in [0.717, 1.165) is 16.5 Å². The smallest absolute Gasteiger partial charge is 0.149 e. The molecule has 1 heterocycles. The fraction of sp³-hybridized carbons (Fsp3) is 0.167. The molecule has 0 atom stereocenters. The lowest BCUT2D eigenvalue weighted by atomic mass is 10.2. The first-order chi connectivity index (χ1) is 6.68. The van der Waals surface area contributed by atoms with Crippen LogP contribution in [0.1, 0.15) is 12.5 Å². The van der Waals surface area contributed by atoms with Gasteiger partial charge in [0.1, 0.15) is 5.78 Å². The van der Waals surface area contributed by atoms with Crippen molar-refractivity contribution in [1.82, 2.24) is 4.57 Å². The zero-order valence-corrected chi connectivity index (χ0v) is 8.16. The Hall–Kier alpha value is -1.57. The van der Waals surface area contributed by atoms with Crippen molar-refractivity contribution in [3.05, 3.63) is 42.9 Å². The number of aromatic nitrogens is 1. The Morgan fingerprint density at radius 1 is 1.43 bits per heavy atom. The molecule has 1 radical (unpaired) electrons. The van der Waals surface area contributed by atoms with E-state index in [1.165, 1.54) is 0 Å². The molecule has 0 spiro atoms. The minimum Gasteiger partial charge on any atom is -0.340 e. The molecule has 0 aliphatic rings. The van der Waals surface area contributed by atoms with Gasteiger partial charge in [-0.05, 0) is 25.5 Å². The van der Waals surface area contributed by atoms with E-state index in [4.69, 9.17) is 0 Å². The number of benzene rings is 1. The van der Waals surface area contributed by atoms with E-state index in [-0.39, 0.29) is 5.78 Å². The monoisotopic (exact) mass is 186 g/mol. The van der Waals surface area contributed by atoms with E-state index in [1.54, 1.807) is 6.92 Å². The lowest BCUT2D eigenvalue weighted by Crippen LogP contribution is -2.04. The Labute approximate surface area is 83.2 Å². The SMILES string of the molecule is [CH2]c1cn(CC(C)=O)c2ccccc12. The molecule has 0 fully saturated rings. The number of nitrogens with zero attached hydrogens (tertiary/aromatic N) is 1. The number of Topliss-reactive ketones (excluding diaryl/α,β-unsaturated/α-hetero) is 1. The highest BCUT2D eigenvalue weighted by molar-refractivity contribution is 5.86. The molecule has 2 nitrogen and oxygen atoms in total. The van der Waals surface area contributed by atoms with Gasteiger partial charge in [0, 0.05) is 17.1 Å². The molecule has 2 rings (SSSR count). The molecule has 0 N–H and O–H groups in total.